The van der Waals surface area contributed by atoms with Crippen LogP contribution in [0.2, 0.25) is 5.02 Å². The van der Waals surface area contributed by atoms with Crippen LogP contribution in [0.25, 0.3) is 0 Å². The van der Waals surface area contributed by atoms with Gasteiger partial charge in [-0.05, 0) is 30.2 Å². The van der Waals surface area contributed by atoms with E-state index in [1.54, 1.807) is 12.4 Å². The van der Waals surface area contributed by atoms with Crippen LogP contribution in [0, 0.1) is 0 Å². The minimum atomic E-state index is 0.244. The van der Waals surface area contributed by atoms with E-state index >= 15 is 0 Å². The standard InChI is InChI=1S/C17H19ClN4O2/c18-14-9-13(10-15-16(14)24-12-23-15)11-21-5-2-6-22(8-7-21)17-19-3-1-4-20-17/h1,3-4,9-10H,2,5-8,11-12H2. The van der Waals surface area contributed by atoms with E-state index in [1.165, 1.54) is 0 Å². The Hall–Kier alpha value is -2.05. The molecule has 2 aromatic rings. The van der Waals surface area contributed by atoms with Crippen molar-refractivity contribution >= 4 is 17.5 Å². The number of halogens is 1. The molecule has 0 saturated carbocycles. The number of rotatable bonds is 3. The van der Waals surface area contributed by atoms with Gasteiger partial charge in [-0.3, -0.25) is 4.90 Å². The molecule has 3 heterocycles. The number of hydrogen-bond acceptors (Lipinski definition) is 6. The third-order valence-electron chi connectivity index (χ3n) is 4.32. The molecule has 0 amide bonds. The largest absolute Gasteiger partial charge is 0.454 e. The quantitative estimate of drug-likeness (QED) is 0.851. The molecule has 1 aromatic heterocycles. The topological polar surface area (TPSA) is 50.7 Å². The zero-order valence-electron chi connectivity index (χ0n) is 13.3. The average Bonchev–Trinajstić information content (AvgIpc) is 2.95. The van der Waals surface area contributed by atoms with Gasteiger partial charge in [-0.1, -0.05) is 11.6 Å². The van der Waals surface area contributed by atoms with E-state index in [4.69, 9.17) is 21.1 Å². The summed E-state index contributed by atoms with van der Waals surface area (Å²) in [5.74, 6) is 2.21. The van der Waals surface area contributed by atoms with Crippen molar-refractivity contribution in [1.29, 1.82) is 0 Å². The van der Waals surface area contributed by atoms with Crippen LogP contribution in [0.1, 0.15) is 12.0 Å². The number of anilines is 1. The molecule has 0 N–H and O–H groups in total. The van der Waals surface area contributed by atoms with Crippen LogP contribution in [0.5, 0.6) is 11.5 Å². The van der Waals surface area contributed by atoms with Gasteiger partial charge in [-0.2, -0.15) is 0 Å². The first-order chi connectivity index (χ1) is 11.8. The van der Waals surface area contributed by atoms with Crippen LogP contribution in [-0.4, -0.2) is 47.8 Å². The monoisotopic (exact) mass is 346 g/mol. The summed E-state index contributed by atoms with van der Waals surface area (Å²) < 4.78 is 10.8. The van der Waals surface area contributed by atoms with Crippen LogP contribution in [0.15, 0.2) is 30.6 Å². The van der Waals surface area contributed by atoms with Crippen molar-refractivity contribution in [2.45, 2.75) is 13.0 Å². The van der Waals surface area contributed by atoms with Crippen LogP contribution < -0.4 is 14.4 Å². The molecule has 1 fully saturated rings. The van der Waals surface area contributed by atoms with Crippen LogP contribution in [0.3, 0.4) is 0 Å². The molecule has 7 heteroatoms. The van der Waals surface area contributed by atoms with Gasteiger partial charge in [0.05, 0.1) is 5.02 Å². The maximum Gasteiger partial charge on any atom is 0.231 e. The summed E-state index contributed by atoms with van der Waals surface area (Å²) in [6.45, 7) is 4.98. The fourth-order valence-corrected chi connectivity index (χ4v) is 3.44. The molecule has 0 spiro atoms. The maximum absolute atomic E-state index is 6.28. The molecular weight excluding hydrogens is 328 g/mol. The third kappa shape index (κ3) is 3.25. The lowest BCUT2D eigenvalue weighted by Gasteiger charge is -2.22. The molecule has 4 rings (SSSR count). The second kappa shape index (κ2) is 6.83. The highest BCUT2D eigenvalue weighted by Crippen LogP contribution is 2.40. The first-order valence-corrected chi connectivity index (χ1v) is 8.50. The van der Waals surface area contributed by atoms with Crippen molar-refractivity contribution in [1.82, 2.24) is 14.9 Å². The number of benzene rings is 1. The van der Waals surface area contributed by atoms with Crippen molar-refractivity contribution in [3.63, 3.8) is 0 Å². The Balaban J connectivity index is 1.42. The lowest BCUT2D eigenvalue weighted by Crippen LogP contribution is -2.31. The molecule has 0 unspecified atom stereocenters. The highest BCUT2D eigenvalue weighted by Gasteiger charge is 2.21. The summed E-state index contributed by atoms with van der Waals surface area (Å²) in [5.41, 5.74) is 1.15. The summed E-state index contributed by atoms with van der Waals surface area (Å²) in [5, 5.41) is 0.620. The molecule has 0 radical (unpaired) electrons. The number of hydrogen-bond donors (Lipinski definition) is 0. The van der Waals surface area contributed by atoms with E-state index in [2.05, 4.69) is 19.8 Å². The summed E-state index contributed by atoms with van der Waals surface area (Å²) >= 11 is 6.28. The molecule has 0 aliphatic carbocycles. The second-order valence-corrected chi connectivity index (χ2v) is 6.38. The molecular formula is C17H19ClN4O2. The number of aromatic nitrogens is 2. The fraction of sp³-hybridized carbons (Fsp3) is 0.412. The predicted molar refractivity (Wildman–Crippen MR) is 91.7 cm³/mol. The van der Waals surface area contributed by atoms with Crippen LogP contribution in [0.4, 0.5) is 5.95 Å². The molecule has 1 aromatic carbocycles. The number of fused-ring (bicyclic) bond motifs is 1. The van der Waals surface area contributed by atoms with Crippen molar-refractivity contribution < 1.29 is 9.47 Å². The SMILES string of the molecule is Clc1cc(CN2CCCN(c3ncccn3)CC2)cc2c1OCO2. The van der Waals surface area contributed by atoms with Crippen LogP contribution >= 0.6 is 11.6 Å². The molecule has 24 heavy (non-hydrogen) atoms. The number of ether oxygens (including phenoxy) is 2. The predicted octanol–water partition coefficient (Wildman–Crippen LogP) is 2.57. The van der Waals surface area contributed by atoms with Gasteiger partial charge in [0.15, 0.2) is 11.5 Å². The van der Waals surface area contributed by atoms with E-state index in [1.807, 2.05) is 18.2 Å². The fourth-order valence-electron chi connectivity index (χ4n) is 3.15. The third-order valence-corrected chi connectivity index (χ3v) is 4.60. The Morgan fingerprint density at radius 1 is 1.04 bits per heavy atom. The molecule has 6 nitrogen and oxygen atoms in total. The van der Waals surface area contributed by atoms with Crippen LogP contribution in [-0.2, 0) is 6.54 Å². The summed E-state index contributed by atoms with van der Waals surface area (Å²) in [6.07, 6.45) is 4.66. The van der Waals surface area contributed by atoms with Gasteiger partial charge in [0.25, 0.3) is 0 Å². The Labute approximate surface area is 146 Å². The van der Waals surface area contributed by atoms with Gasteiger partial charge in [0.1, 0.15) is 0 Å². The number of nitrogens with zero attached hydrogens (tertiary/aromatic N) is 4. The summed E-state index contributed by atoms with van der Waals surface area (Å²) in [7, 11) is 0. The van der Waals surface area contributed by atoms with E-state index < -0.39 is 0 Å². The zero-order chi connectivity index (χ0) is 16.4. The first-order valence-electron chi connectivity index (χ1n) is 8.12. The zero-order valence-corrected chi connectivity index (χ0v) is 14.1. The Bertz CT molecular complexity index is 713. The molecule has 2 aliphatic heterocycles. The van der Waals surface area contributed by atoms with Gasteiger partial charge in [0, 0.05) is 45.1 Å². The lowest BCUT2D eigenvalue weighted by atomic mass is 10.2. The van der Waals surface area contributed by atoms with Gasteiger partial charge in [-0.25, -0.2) is 9.97 Å². The van der Waals surface area contributed by atoms with E-state index in [0.29, 0.717) is 10.8 Å². The highest BCUT2D eigenvalue weighted by atomic mass is 35.5. The maximum atomic E-state index is 6.28. The summed E-state index contributed by atoms with van der Waals surface area (Å²) in [6, 6.07) is 5.84. The molecule has 1 saturated heterocycles. The van der Waals surface area contributed by atoms with Crippen molar-refractivity contribution in [2.24, 2.45) is 0 Å². The normalized spacial score (nSPS) is 17.8. The Morgan fingerprint density at radius 3 is 2.79 bits per heavy atom. The highest BCUT2D eigenvalue weighted by molar-refractivity contribution is 6.32. The Kier molecular flexibility index (Phi) is 4.40. The van der Waals surface area contributed by atoms with Gasteiger partial charge >= 0.3 is 0 Å². The first kappa shape index (κ1) is 15.5. The minimum absolute atomic E-state index is 0.244. The van der Waals surface area contributed by atoms with E-state index in [0.717, 1.165) is 56.4 Å². The Morgan fingerprint density at radius 2 is 1.92 bits per heavy atom. The van der Waals surface area contributed by atoms with Crippen molar-refractivity contribution in [3.8, 4) is 11.5 Å². The van der Waals surface area contributed by atoms with Crippen molar-refractivity contribution in [3.05, 3.63) is 41.2 Å². The molecule has 0 bridgehead atoms. The van der Waals surface area contributed by atoms with Gasteiger partial charge in [0.2, 0.25) is 12.7 Å². The minimum Gasteiger partial charge on any atom is -0.454 e. The molecule has 126 valence electrons. The van der Waals surface area contributed by atoms with E-state index in [-0.39, 0.29) is 6.79 Å². The average molecular weight is 347 g/mol. The van der Waals surface area contributed by atoms with Gasteiger partial charge in [-0.15, -0.1) is 0 Å². The van der Waals surface area contributed by atoms with Crippen molar-refractivity contribution in [2.75, 3.05) is 37.9 Å². The smallest absolute Gasteiger partial charge is 0.231 e. The molecule has 2 aliphatic rings. The van der Waals surface area contributed by atoms with Gasteiger partial charge < -0.3 is 14.4 Å². The summed E-state index contributed by atoms with van der Waals surface area (Å²) in [4.78, 5) is 13.4. The lowest BCUT2D eigenvalue weighted by molar-refractivity contribution is 0.174. The second-order valence-electron chi connectivity index (χ2n) is 5.98. The van der Waals surface area contributed by atoms with E-state index in [9.17, 15) is 0 Å². The molecule has 0 atom stereocenters.